The predicted octanol–water partition coefficient (Wildman–Crippen LogP) is 3.44. The van der Waals surface area contributed by atoms with E-state index < -0.39 is 0 Å². The molecule has 106 valence electrons. The van der Waals surface area contributed by atoms with Crippen LogP contribution in [-0.4, -0.2) is 30.6 Å². The van der Waals surface area contributed by atoms with Gasteiger partial charge < -0.3 is 5.32 Å². The van der Waals surface area contributed by atoms with E-state index in [4.69, 9.17) is 11.6 Å². The van der Waals surface area contributed by atoms with Gasteiger partial charge in [-0.3, -0.25) is 4.90 Å². The number of nitrogens with one attached hydrogen (secondary N) is 1. The average molecular weight is 285 g/mol. The molecule has 0 saturated carbocycles. The molecule has 1 heterocycles. The molecule has 0 aromatic heterocycles. The van der Waals surface area contributed by atoms with Gasteiger partial charge in [0.1, 0.15) is 5.82 Å². The maximum absolute atomic E-state index is 13.4. The Hall–Kier alpha value is -0.640. The molecule has 19 heavy (non-hydrogen) atoms. The lowest BCUT2D eigenvalue weighted by Gasteiger charge is -2.25. The first kappa shape index (κ1) is 14.8. The van der Waals surface area contributed by atoms with E-state index >= 15 is 0 Å². The third-order valence-corrected chi connectivity index (χ3v) is 3.73. The molecule has 0 spiro atoms. The summed E-state index contributed by atoms with van der Waals surface area (Å²) in [5.41, 5.74) is 0.955. The quantitative estimate of drug-likeness (QED) is 0.861. The zero-order valence-corrected chi connectivity index (χ0v) is 12.2. The molecule has 1 N–H and O–H groups in total. The smallest absolute Gasteiger partial charge is 0.125 e. The minimum Gasteiger partial charge on any atom is -0.313 e. The fourth-order valence-electron chi connectivity index (χ4n) is 2.74. The van der Waals surface area contributed by atoms with Gasteiger partial charge in [0.05, 0.1) is 0 Å². The van der Waals surface area contributed by atoms with Gasteiger partial charge in [0.15, 0.2) is 0 Å². The van der Waals surface area contributed by atoms with Gasteiger partial charge in [0.2, 0.25) is 0 Å². The molecule has 0 aliphatic carbocycles. The van der Waals surface area contributed by atoms with Crippen LogP contribution in [0, 0.1) is 5.82 Å². The summed E-state index contributed by atoms with van der Waals surface area (Å²) in [6, 6.07) is 5.37. The van der Waals surface area contributed by atoms with Crippen LogP contribution in [-0.2, 0) is 6.54 Å². The lowest BCUT2D eigenvalue weighted by atomic mass is 10.1. The van der Waals surface area contributed by atoms with Gasteiger partial charge in [-0.1, -0.05) is 18.5 Å². The number of hydrogen-bond acceptors (Lipinski definition) is 2. The van der Waals surface area contributed by atoms with E-state index in [2.05, 4.69) is 17.1 Å². The second kappa shape index (κ2) is 7.22. The molecular formula is C15H22ClFN2. The van der Waals surface area contributed by atoms with E-state index in [-0.39, 0.29) is 5.82 Å². The van der Waals surface area contributed by atoms with Crippen molar-refractivity contribution in [2.24, 2.45) is 0 Å². The van der Waals surface area contributed by atoms with Crippen LogP contribution in [0.1, 0.15) is 31.7 Å². The van der Waals surface area contributed by atoms with Gasteiger partial charge in [0, 0.05) is 24.2 Å². The normalized spacial score (nSPS) is 19.3. The second-order valence-corrected chi connectivity index (χ2v) is 5.74. The number of rotatable bonds is 6. The highest BCUT2D eigenvalue weighted by molar-refractivity contribution is 6.30. The van der Waals surface area contributed by atoms with Crippen molar-refractivity contribution in [3.05, 3.63) is 34.6 Å². The zero-order chi connectivity index (χ0) is 13.7. The fraction of sp³-hybridized carbons (Fsp3) is 0.600. The largest absolute Gasteiger partial charge is 0.313 e. The van der Waals surface area contributed by atoms with Gasteiger partial charge in [-0.25, -0.2) is 4.39 Å². The van der Waals surface area contributed by atoms with Crippen molar-refractivity contribution in [1.82, 2.24) is 10.2 Å². The van der Waals surface area contributed by atoms with Crippen LogP contribution in [0.2, 0.25) is 5.02 Å². The first-order chi connectivity index (χ1) is 9.17. The third kappa shape index (κ3) is 4.75. The molecule has 1 unspecified atom stereocenters. The lowest BCUT2D eigenvalue weighted by molar-refractivity contribution is 0.241. The Morgan fingerprint density at radius 3 is 2.89 bits per heavy atom. The number of hydrogen-bond donors (Lipinski definition) is 1. The monoisotopic (exact) mass is 284 g/mol. The Morgan fingerprint density at radius 2 is 2.26 bits per heavy atom. The summed E-state index contributed by atoms with van der Waals surface area (Å²) in [5, 5.41) is 3.99. The Kier molecular flexibility index (Phi) is 5.61. The summed E-state index contributed by atoms with van der Waals surface area (Å²) in [7, 11) is 0. The Morgan fingerprint density at radius 1 is 1.42 bits per heavy atom. The summed E-state index contributed by atoms with van der Waals surface area (Å²) in [6.45, 7) is 6.13. The van der Waals surface area contributed by atoms with Crippen molar-refractivity contribution >= 4 is 11.6 Å². The van der Waals surface area contributed by atoms with Crippen molar-refractivity contribution in [3.8, 4) is 0 Å². The van der Waals surface area contributed by atoms with Crippen molar-refractivity contribution in [2.75, 3.05) is 19.6 Å². The van der Waals surface area contributed by atoms with Gasteiger partial charge in [-0.2, -0.15) is 0 Å². The molecule has 1 aliphatic rings. The summed E-state index contributed by atoms with van der Waals surface area (Å²) >= 11 is 5.91. The Bertz CT molecular complexity index is 385. The van der Waals surface area contributed by atoms with Crippen molar-refractivity contribution < 1.29 is 4.39 Å². The van der Waals surface area contributed by atoms with E-state index in [1.165, 1.54) is 18.9 Å². The first-order valence-corrected chi connectivity index (χ1v) is 7.46. The molecule has 1 saturated heterocycles. The summed E-state index contributed by atoms with van der Waals surface area (Å²) in [5.74, 6) is -0.252. The standard InChI is InChI=1S/C15H22ClFN2/c1-2-6-19(11-15-4-3-5-18-15)10-12-7-13(16)9-14(17)8-12/h7-9,15,18H,2-6,10-11H2,1H3. The predicted molar refractivity (Wildman–Crippen MR) is 78.0 cm³/mol. The Balaban J connectivity index is 1.98. The van der Waals surface area contributed by atoms with E-state index in [1.54, 1.807) is 6.07 Å². The van der Waals surface area contributed by atoms with E-state index in [0.717, 1.165) is 38.2 Å². The minimum atomic E-state index is -0.252. The molecule has 0 bridgehead atoms. The highest BCUT2D eigenvalue weighted by atomic mass is 35.5. The van der Waals surface area contributed by atoms with Gasteiger partial charge in [-0.15, -0.1) is 0 Å². The molecule has 2 nitrogen and oxygen atoms in total. The third-order valence-electron chi connectivity index (χ3n) is 3.51. The van der Waals surface area contributed by atoms with E-state index in [9.17, 15) is 4.39 Å². The highest BCUT2D eigenvalue weighted by Crippen LogP contribution is 2.17. The molecule has 1 aromatic carbocycles. The van der Waals surface area contributed by atoms with Crippen LogP contribution in [0.5, 0.6) is 0 Å². The van der Waals surface area contributed by atoms with Crippen LogP contribution < -0.4 is 5.32 Å². The molecule has 2 rings (SSSR count). The summed E-state index contributed by atoms with van der Waals surface area (Å²) < 4.78 is 13.4. The number of nitrogens with zero attached hydrogens (tertiary/aromatic N) is 1. The first-order valence-electron chi connectivity index (χ1n) is 7.08. The maximum atomic E-state index is 13.4. The Labute approximate surface area is 119 Å². The molecule has 0 radical (unpaired) electrons. The van der Waals surface area contributed by atoms with Crippen molar-refractivity contribution in [3.63, 3.8) is 0 Å². The zero-order valence-electron chi connectivity index (χ0n) is 11.5. The van der Waals surface area contributed by atoms with Crippen LogP contribution in [0.25, 0.3) is 0 Å². The van der Waals surface area contributed by atoms with E-state index in [1.807, 2.05) is 6.07 Å². The molecule has 0 amide bonds. The van der Waals surface area contributed by atoms with Crippen LogP contribution in [0.15, 0.2) is 18.2 Å². The molecular weight excluding hydrogens is 263 g/mol. The molecule has 4 heteroatoms. The van der Waals surface area contributed by atoms with Crippen LogP contribution in [0.3, 0.4) is 0 Å². The van der Waals surface area contributed by atoms with E-state index in [0.29, 0.717) is 11.1 Å². The van der Waals surface area contributed by atoms with Crippen molar-refractivity contribution in [1.29, 1.82) is 0 Å². The number of benzene rings is 1. The topological polar surface area (TPSA) is 15.3 Å². The van der Waals surface area contributed by atoms with Crippen molar-refractivity contribution in [2.45, 2.75) is 38.8 Å². The minimum absolute atomic E-state index is 0.252. The molecule has 1 aliphatic heterocycles. The molecule has 1 atom stereocenters. The van der Waals surface area contributed by atoms with Crippen LogP contribution in [0.4, 0.5) is 4.39 Å². The highest BCUT2D eigenvalue weighted by Gasteiger charge is 2.17. The maximum Gasteiger partial charge on any atom is 0.125 e. The lowest BCUT2D eigenvalue weighted by Crippen LogP contribution is -2.37. The average Bonchev–Trinajstić information content (AvgIpc) is 2.80. The summed E-state index contributed by atoms with van der Waals surface area (Å²) in [6.07, 6.45) is 3.61. The molecule has 1 aromatic rings. The van der Waals surface area contributed by atoms with Gasteiger partial charge >= 0.3 is 0 Å². The fourth-order valence-corrected chi connectivity index (χ4v) is 2.98. The van der Waals surface area contributed by atoms with Crippen LogP contribution >= 0.6 is 11.6 Å². The van der Waals surface area contributed by atoms with Gasteiger partial charge in [0.25, 0.3) is 0 Å². The molecule has 1 fully saturated rings. The SMILES string of the molecule is CCCN(Cc1cc(F)cc(Cl)c1)CC1CCCN1. The summed E-state index contributed by atoms with van der Waals surface area (Å²) in [4.78, 5) is 2.38. The second-order valence-electron chi connectivity index (χ2n) is 5.31. The number of halogens is 2. The van der Waals surface area contributed by atoms with Gasteiger partial charge in [-0.05, 0) is 56.1 Å².